The van der Waals surface area contributed by atoms with E-state index in [4.69, 9.17) is 10.1 Å². The molecule has 4 aromatic rings. The van der Waals surface area contributed by atoms with Crippen molar-refractivity contribution < 1.29 is 22.6 Å². The molecule has 2 aromatic heterocycles. The molecular weight excluding hydrogens is 419 g/mol. The van der Waals surface area contributed by atoms with Gasteiger partial charge in [0.25, 0.3) is 0 Å². The lowest BCUT2D eigenvalue weighted by Crippen LogP contribution is -2.17. The Morgan fingerprint density at radius 1 is 1.13 bits per heavy atom. The van der Waals surface area contributed by atoms with Crippen LogP contribution in [0.4, 0.5) is 13.2 Å². The van der Waals surface area contributed by atoms with Crippen LogP contribution in [0.15, 0.2) is 42.5 Å². The molecule has 0 aliphatic carbocycles. The molecule has 0 atom stereocenters. The predicted octanol–water partition coefficient (Wildman–Crippen LogP) is 4.12. The molecule has 30 heavy (non-hydrogen) atoms. The minimum Gasteiger partial charge on any atom is -0.497 e. The van der Waals surface area contributed by atoms with Crippen LogP contribution in [0, 0.1) is 5.41 Å². The average Bonchev–Trinajstić information content (AvgIpc) is 3.28. The molecule has 0 bridgehead atoms. The zero-order chi connectivity index (χ0) is 21.3. The number of rotatable bonds is 6. The third kappa shape index (κ3) is 4.15. The van der Waals surface area contributed by atoms with E-state index in [9.17, 15) is 13.2 Å². The summed E-state index contributed by atoms with van der Waals surface area (Å²) in [4.78, 5) is 0.223. The maximum atomic E-state index is 12.4. The number of aromatic amines is 1. The van der Waals surface area contributed by atoms with E-state index in [2.05, 4.69) is 20.1 Å². The van der Waals surface area contributed by atoms with Crippen molar-refractivity contribution in [3.63, 3.8) is 0 Å². The van der Waals surface area contributed by atoms with Crippen molar-refractivity contribution in [2.24, 2.45) is 0 Å². The summed E-state index contributed by atoms with van der Waals surface area (Å²) in [6.45, 7) is 0.418. The standard InChI is InChI=1S/C19H16F3N5O2S/c1-28-12-4-2-3-11(9-12)17-14(24-26-25-17)7-8-27-15-6-5-13(29-19(20,21)22)10-16(15)30-18(27)23/h2-6,9-10,23H,7-8H2,1H3,(H,24,25,26). The van der Waals surface area contributed by atoms with Gasteiger partial charge >= 0.3 is 6.36 Å². The van der Waals surface area contributed by atoms with Gasteiger partial charge in [0.2, 0.25) is 0 Å². The topological polar surface area (TPSA) is 88.8 Å². The molecule has 0 unspecified atom stereocenters. The largest absolute Gasteiger partial charge is 0.573 e. The summed E-state index contributed by atoms with van der Waals surface area (Å²) in [5, 5.41) is 19.3. The van der Waals surface area contributed by atoms with E-state index < -0.39 is 6.36 Å². The lowest BCUT2D eigenvalue weighted by molar-refractivity contribution is -0.274. The maximum Gasteiger partial charge on any atom is 0.573 e. The number of hydrogen-bond acceptors (Lipinski definition) is 6. The summed E-state index contributed by atoms with van der Waals surface area (Å²) >= 11 is 1.08. The number of aryl methyl sites for hydroxylation is 2. The summed E-state index contributed by atoms with van der Waals surface area (Å²) in [6, 6.07) is 11.5. The van der Waals surface area contributed by atoms with Crippen molar-refractivity contribution in [2.75, 3.05) is 7.11 Å². The van der Waals surface area contributed by atoms with Crippen LogP contribution in [0.5, 0.6) is 11.5 Å². The minimum absolute atomic E-state index is 0.223. The number of thiazole rings is 1. The van der Waals surface area contributed by atoms with Crippen LogP contribution in [0.3, 0.4) is 0 Å². The van der Waals surface area contributed by atoms with E-state index in [-0.39, 0.29) is 10.6 Å². The third-order valence-corrected chi connectivity index (χ3v) is 5.40. The molecule has 0 saturated heterocycles. The lowest BCUT2D eigenvalue weighted by Gasteiger charge is -2.09. The number of benzene rings is 2. The number of hydrogen-bond donors (Lipinski definition) is 2. The first kappa shape index (κ1) is 20.0. The molecule has 0 aliphatic heterocycles. The van der Waals surface area contributed by atoms with E-state index in [1.807, 2.05) is 24.3 Å². The Labute approximate surface area is 172 Å². The van der Waals surface area contributed by atoms with Crippen LogP contribution in [-0.4, -0.2) is 33.5 Å². The number of alkyl halides is 3. The zero-order valence-electron chi connectivity index (χ0n) is 15.7. The van der Waals surface area contributed by atoms with Crippen LogP contribution in [0.2, 0.25) is 0 Å². The summed E-state index contributed by atoms with van der Waals surface area (Å²) in [7, 11) is 1.59. The van der Waals surface area contributed by atoms with Gasteiger partial charge in [0, 0.05) is 18.5 Å². The first-order chi connectivity index (χ1) is 14.3. The quantitative estimate of drug-likeness (QED) is 0.477. The number of nitrogens with one attached hydrogen (secondary N) is 2. The highest BCUT2D eigenvalue weighted by molar-refractivity contribution is 7.16. The molecule has 0 aliphatic rings. The van der Waals surface area contributed by atoms with Gasteiger partial charge in [0.05, 0.1) is 23.0 Å². The monoisotopic (exact) mass is 435 g/mol. The van der Waals surface area contributed by atoms with E-state index >= 15 is 0 Å². The second-order valence-corrected chi connectivity index (χ2v) is 7.37. The summed E-state index contributed by atoms with van der Waals surface area (Å²) in [5.74, 6) is 0.394. The van der Waals surface area contributed by atoms with E-state index in [0.717, 1.165) is 16.9 Å². The number of aromatic nitrogens is 4. The first-order valence-corrected chi connectivity index (χ1v) is 9.63. The van der Waals surface area contributed by atoms with Crippen molar-refractivity contribution in [2.45, 2.75) is 19.3 Å². The van der Waals surface area contributed by atoms with Crippen molar-refractivity contribution in [3.8, 4) is 22.8 Å². The molecule has 0 spiro atoms. The van der Waals surface area contributed by atoms with Gasteiger partial charge in [0.15, 0.2) is 4.80 Å². The Morgan fingerprint density at radius 2 is 1.97 bits per heavy atom. The number of fused-ring (bicyclic) bond motifs is 1. The number of halogens is 3. The second kappa shape index (κ2) is 7.82. The molecular formula is C19H16F3N5O2S. The van der Waals surface area contributed by atoms with Gasteiger partial charge in [-0.25, -0.2) is 0 Å². The highest BCUT2D eigenvalue weighted by atomic mass is 32.1. The molecule has 11 heteroatoms. The number of methoxy groups -OCH3 is 1. The molecule has 0 amide bonds. The predicted molar refractivity (Wildman–Crippen MR) is 104 cm³/mol. The fourth-order valence-corrected chi connectivity index (χ4v) is 4.10. The molecule has 7 nitrogen and oxygen atoms in total. The summed E-state index contributed by atoms with van der Waals surface area (Å²) in [5.41, 5.74) is 2.90. The van der Waals surface area contributed by atoms with Crippen molar-refractivity contribution >= 4 is 21.6 Å². The van der Waals surface area contributed by atoms with Gasteiger partial charge in [-0.2, -0.15) is 15.4 Å². The van der Waals surface area contributed by atoms with Gasteiger partial charge in [-0.15, -0.1) is 13.2 Å². The molecule has 0 saturated carbocycles. The van der Waals surface area contributed by atoms with Crippen LogP contribution in [0.25, 0.3) is 21.5 Å². The highest BCUT2D eigenvalue weighted by Crippen LogP contribution is 2.28. The Hall–Kier alpha value is -3.34. The van der Waals surface area contributed by atoms with Gasteiger partial charge in [0.1, 0.15) is 17.2 Å². The van der Waals surface area contributed by atoms with Gasteiger partial charge in [-0.3, -0.25) is 5.41 Å². The van der Waals surface area contributed by atoms with Crippen LogP contribution < -0.4 is 14.3 Å². The zero-order valence-corrected chi connectivity index (χ0v) is 16.5. The number of ether oxygens (including phenoxy) is 2. The Bertz CT molecular complexity index is 1240. The fraction of sp³-hybridized carbons (Fsp3) is 0.211. The first-order valence-electron chi connectivity index (χ1n) is 8.82. The Morgan fingerprint density at radius 3 is 2.73 bits per heavy atom. The van der Waals surface area contributed by atoms with Crippen LogP contribution in [0.1, 0.15) is 5.69 Å². The van der Waals surface area contributed by atoms with Crippen LogP contribution in [-0.2, 0) is 13.0 Å². The van der Waals surface area contributed by atoms with Crippen molar-refractivity contribution in [3.05, 3.63) is 53.0 Å². The van der Waals surface area contributed by atoms with Gasteiger partial charge in [-0.1, -0.05) is 23.5 Å². The van der Waals surface area contributed by atoms with Crippen LogP contribution >= 0.6 is 11.3 Å². The van der Waals surface area contributed by atoms with E-state index in [1.165, 1.54) is 18.2 Å². The molecule has 2 heterocycles. The normalized spacial score (nSPS) is 11.7. The van der Waals surface area contributed by atoms with Crippen molar-refractivity contribution in [1.82, 2.24) is 20.0 Å². The molecule has 0 radical (unpaired) electrons. The SMILES string of the molecule is COc1cccc(-c2n[nH]nc2CCn2c(=N)sc3cc(OC(F)(F)F)ccc32)c1. The van der Waals surface area contributed by atoms with Gasteiger partial charge < -0.3 is 14.0 Å². The highest BCUT2D eigenvalue weighted by Gasteiger charge is 2.31. The minimum atomic E-state index is -4.76. The molecule has 4 rings (SSSR count). The fourth-order valence-electron chi connectivity index (χ4n) is 3.13. The Balaban J connectivity index is 1.58. The number of nitrogens with zero attached hydrogens (tertiary/aromatic N) is 3. The molecule has 2 aromatic carbocycles. The van der Waals surface area contributed by atoms with Gasteiger partial charge in [-0.05, 0) is 30.3 Å². The maximum absolute atomic E-state index is 12.4. The molecule has 2 N–H and O–H groups in total. The average molecular weight is 435 g/mol. The lowest BCUT2D eigenvalue weighted by atomic mass is 10.1. The molecule has 0 fully saturated rings. The summed E-state index contributed by atoms with van der Waals surface area (Å²) < 4.78 is 48.8. The van der Waals surface area contributed by atoms with E-state index in [0.29, 0.717) is 40.3 Å². The van der Waals surface area contributed by atoms with Crippen molar-refractivity contribution in [1.29, 1.82) is 5.41 Å². The second-order valence-electron chi connectivity index (χ2n) is 6.34. The number of H-pyrrole nitrogens is 1. The summed E-state index contributed by atoms with van der Waals surface area (Å²) in [6.07, 6.45) is -4.28. The van der Waals surface area contributed by atoms with E-state index in [1.54, 1.807) is 11.7 Å². The third-order valence-electron chi connectivity index (χ3n) is 4.44. The smallest absolute Gasteiger partial charge is 0.497 e. The Kier molecular flexibility index (Phi) is 5.20. The molecule has 156 valence electrons.